The minimum absolute atomic E-state index is 0.200. The Bertz CT molecular complexity index is 623. The van der Waals surface area contributed by atoms with Crippen molar-refractivity contribution in [3.63, 3.8) is 0 Å². The topological polar surface area (TPSA) is 26.0 Å². The maximum atomic E-state index is 6.62. The van der Waals surface area contributed by atoms with Crippen molar-refractivity contribution in [2.24, 2.45) is 5.73 Å². The summed E-state index contributed by atoms with van der Waals surface area (Å²) in [6.07, 6.45) is 4.25. The van der Waals surface area contributed by atoms with E-state index in [0.29, 0.717) is 0 Å². The fourth-order valence-corrected chi connectivity index (χ4v) is 2.86. The molecule has 1 heteroatoms. The Labute approximate surface area is 134 Å². The fraction of sp³-hybridized carbons (Fsp3) is 0.333. The number of benzene rings is 2. The van der Waals surface area contributed by atoms with Crippen molar-refractivity contribution in [1.82, 2.24) is 0 Å². The van der Waals surface area contributed by atoms with Gasteiger partial charge in [-0.1, -0.05) is 68.9 Å². The molecule has 1 nitrogen and oxygen atoms in total. The number of hydrogen-bond donors (Lipinski definition) is 1. The van der Waals surface area contributed by atoms with E-state index in [2.05, 4.69) is 50.0 Å². The molecule has 2 rings (SSSR count). The highest BCUT2D eigenvalue weighted by Gasteiger charge is 2.24. The van der Waals surface area contributed by atoms with E-state index in [9.17, 15) is 0 Å². The maximum absolute atomic E-state index is 6.62. The number of rotatable bonds is 5. The van der Waals surface area contributed by atoms with Crippen LogP contribution in [0, 0.1) is 11.8 Å². The summed E-state index contributed by atoms with van der Waals surface area (Å²) in [6.45, 7) is 4.38. The van der Waals surface area contributed by atoms with Gasteiger partial charge in [-0.05, 0) is 42.7 Å². The van der Waals surface area contributed by atoms with E-state index in [0.717, 1.165) is 36.8 Å². The van der Waals surface area contributed by atoms with Crippen LogP contribution in [0.15, 0.2) is 54.6 Å². The Morgan fingerprint density at radius 3 is 1.77 bits per heavy atom. The molecule has 0 radical (unpaired) electrons. The van der Waals surface area contributed by atoms with Crippen molar-refractivity contribution < 1.29 is 0 Å². The van der Waals surface area contributed by atoms with Crippen LogP contribution in [-0.2, 0) is 5.54 Å². The normalized spacial score (nSPS) is 10.9. The van der Waals surface area contributed by atoms with Gasteiger partial charge in [0.25, 0.3) is 0 Å². The Morgan fingerprint density at radius 2 is 1.27 bits per heavy atom. The molecule has 0 saturated carbocycles. The van der Waals surface area contributed by atoms with Crippen LogP contribution in [0.25, 0.3) is 0 Å². The van der Waals surface area contributed by atoms with Crippen LogP contribution in [0.2, 0.25) is 0 Å². The highest BCUT2D eigenvalue weighted by molar-refractivity contribution is 5.44. The van der Waals surface area contributed by atoms with E-state index in [1.54, 1.807) is 0 Å². The minimum Gasteiger partial charge on any atom is -0.321 e. The van der Waals surface area contributed by atoms with Gasteiger partial charge in [0.05, 0.1) is 0 Å². The highest BCUT2D eigenvalue weighted by Crippen LogP contribution is 2.28. The van der Waals surface area contributed by atoms with Gasteiger partial charge in [-0.25, -0.2) is 0 Å². The van der Waals surface area contributed by atoms with Crippen molar-refractivity contribution in [2.75, 3.05) is 0 Å². The SMILES string of the molecule is CCCC(N)(CCC)c1ccc(C#Cc2ccccc2)cc1. The second-order valence-corrected chi connectivity index (χ2v) is 5.85. The zero-order chi connectivity index (χ0) is 15.8. The zero-order valence-corrected chi connectivity index (χ0v) is 13.6. The van der Waals surface area contributed by atoms with E-state index in [-0.39, 0.29) is 5.54 Å². The minimum atomic E-state index is -0.200. The third-order valence-electron chi connectivity index (χ3n) is 3.98. The summed E-state index contributed by atoms with van der Waals surface area (Å²) in [4.78, 5) is 0. The molecule has 2 aromatic carbocycles. The van der Waals surface area contributed by atoms with E-state index >= 15 is 0 Å². The molecule has 0 amide bonds. The Morgan fingerprint density at radius 1 is 0.773 bits per heavy atom. The summed E-state index contributed by atoms with van der Waals surface area (Å²) in [5.74, 6) is 6.40. The first-order chi connectivity index (χ1) is 10.7. The fourth-order valence-electron chi connectivity index (χ4n) is 2.86. The predicted octanol–water partition coefficient (Wildman–Crippen LogP) is 4.84. The average molecular weight is 291 g/mol. The lowest BCUT2D eigenvalue weighted by molar-refractivity contribution is 0.369. The molecule has 0 heterocycles. The van der Waals surface area contributed by atoms with Crippen LogP contribution >= 0.6 is 0 Å². The molecule has 0 aromatic heterocycles. The molecule has 0 aliphatic rings. The molecule has 0 fully saturated rings. The number of hydrogen-bond acceptors (Lipinski definition) is 1. The van der Waals surface area contributed by atoms with Gasteiger partial charge >= 0.3 is 0 Å². The van der Waals surface area contributed by atoms with Gasteiger partial charge in [-0.2, -0.15) is 0 Å². The average Bonchev–Trinajstić information content (AvgIpc) is 2.55. The van der Waals surface area contributed by atoms with E-state index in [1.165, 1.54) is 5.56 Å². The van der Waals surface area contributed by atoms with E-state index < -0.39 is 0 Å². The quantitative estimate of drug-likeness (QED) is 0.784. The van der Waals surface area contributed by atoms with Crippen molar-refractivity contribution in [3.05, 3.63) is 71.3 Å². The summed E-state index contributed by atoms with van der Waals surface area (Å²) in [7, 11) is 0. The predicted molar refractivity (Wildman–Crippen MR) is 94.5 cm³/mol. The highest BCUT2D eigenvalue weighted by atomic mass is 14.7. The summed E-state index contributed by atoms with van der Waals surface area (Å²) in [6, 6.07) is 18.5. The maximum Gasteiger partial charge on any atom is 0.0409 e. The van der Waals surface area contributed by atoms with Gasteiger partial charge in [-0.3, -0.25) is 0 Å². The lowest BCUT2D eigenvalue weighted by Gasteiger charge is -2.29. The van der Waals surface area contributed by atoms with Gasteiger partial charge in [0, 0.05) is 16.7 Å². The summed E-state index contributed by atoms with van der Waals surface area (Å²) in [5, 5.41) is 0. The third-order valence-corrected chi connectivity index (χ3v) is 3.98. The van der Waals surface area contributed by atoms with Crippen LogP contribution < -0.4 is 5.73 Å². The van der Waals surface area contributed by atoms with Gasteiger partial charge < -0.3 is 5.73 Å². The second-order valence-electron chi connectivity index (χ2n) is 5.85. The molecule has 0 atom stereocenters. The Kier molecular flexibility index (Phi) is 5.81. The van der Waals surface area contributed by atoms with Crippen LogP contribution in [0.4, 0.5) is 0 Å². The molecular weight excluding hydrogens is 266 g/mol. The number of nitrogens with two attached hydrogens (primary N) is 1. The first-order valence-electron chi connectivity index (χ1n) is 8.14. The second kappa shape index (κ2) is 7.82. The third kappa shape index (κ3) is 4.23. The summed E-state index contributed by atoms with van der Waals surface area (Å²) >= 11 is 0. The molecule has 2 aromatic rings. The molecule has 0 spiro atoms. The first kappa shape index (κ1) is 16.3. The Hall–Kier alpha value is -2.04. The molecule has 0 aliphatic heterocycles. The van der Waals surface area contributed by atoms with Crippen LogP contribution in [0.3, 0.4) is 0 Å². The van der Waals surface area contributed by atoms with Crippen molar-refractivity contribution in [3.8, 4) is 11.8 Å². The van der Waals surface area contributed by atoms with Gasteiger partial charge in [0.2, 0.25) is 0 Å². The molecule has 0 bridgehead atoms. The summed E-state index contributed by atoms with van der Waals surface area (Å²) in [5.41, 5.74) is 9.71. The first-order valence-corrected chi connectivity index (χ1v) is 8.14. The lowest BCUT2D eigenvalue weighted by Crippen LogP contribution is -2.36. The van der Waals surface area contributed by atoms with Gasteiger partial charge in [0.1, 0.15) is 0 Å². The molecule has 2 N–H and O–H groups in total. The molecule has 0 saturated heterocycles. The van der Waals surface area contributed by atoms with Crippen LogP contribution in [-0.4, -0.2) is 0 Å². The monoisotopic (exact) mass is 291 g/mol. The van der Waals surface area contributed by atoms with Crippen molar-refractivity contribution in [2.45, 2.75) is 45.1 Å². The van der Waals surface area contributed by atoms with Crippen LogP contribution in [0.1, 0.15) is 56.2 Å². The molecule has 22 heavy (non-hydrogen) atoms. The molecule has 0 aliphatic carbocycles. The standard InChI is InChI=1S/C21H25N/c1-3-16-21(22,17-4-2)20-14-12-19(13-15-20)11-10-18-8-6-5-7-9-18/h5-9,12-15H,3-4,16-17,22H2,1-2H3. The molecular formula is C21H25N. The summed E-state index contributed by atoms with van der Waals surface area (Å²) < 4.78 is 0. The van der Waals surface area contributed by atoms with Gasteiger partial charge in [0.15, 0.2) is 0 Å². The lowest BCUT2D eigenvalue weighted by atomic mass is 9.82. The van der Waals surface area contributed by atoms with Crippen LogP contribution in [0.5, 0.6) is 0 Å². The van der Waals surface area contributed by atoms with E-state index in [1.807, 2.05) is 30.3 Å². The van der Waals surface area contributed by atoms with E-state index in [4.69, 9.17) is 5.73 Å². The zero-order valence-electron chi connectivity index (χ0n) is 13.6. The molecule has 0 unspecified atom stereocenters. The smallest absolute Gasteiger partial charge is 0.0409 e. The van der Waals surface area contributed by atoms with Gasteiger partial charge in [-0.15, -0.1) is 0 Å². The molecule has 114 valence electrons. The largest absolute Gasteiger partial charge is 0.321 e. The Balaban J connectivity index is 2.18. The van der Waals surface area contributed by atoms with Crippen molar-refractivity contribution >= 4 is 0 Å². The van der Waals surface area contributed by atoms with Crippen molar-refractivity contribution in [1.29, 1.82) is 0 Å².